The highest BCUT2D eigenvalue weighted by Gasteiger charge is 2.30. The summed E-state index contributed by atoms with van der Waals surface area (Å²) in [5.74, 6) is -0.456. The predicted octanol–water partition coefficient (Wildman–Crippen LogP) is 5.28. The number of nitrogens with zero attached hydrogens (tertiary/aromatic N) is 4. The Morgan fingerprint density at radius 2 is 1.69 bits per heavy atom. The standard InChI is InChI=1S/C26H28F4N4OS/c1-2-32-10-12-34(13-11-32)25(35)23-18-36-24(31-23)17-33(15-19-6-8-22(27)9-7-19)16-20-4-3-5-21(14-20)26(28,29)30/h3-9,14,18H,2,10-13,15-17H2,1H3. The molecule has 5 nitrogen and oxygen atoms in total. The van der Waals surface area contributed by atoms with Gasteiger partial charge in [0, 0.05) is 44.6 Å². The summed E-state index contributed by atoms with van der Waals surface area (Å²) in [6.07, 6.45) is -4.43. The van der Waals surface area contributed by atoms with Crippen LogP contribution in [0.5, 0.6) is 0 Å². The molecule has 192 valence electrons. The van der Waals surface area contributed by atoms with Crippen LogP contribution in [0.3, 0.4) is 0 Å². The van der Waals surface area contributed by atoms with Crippen LogP contribution in [0.15, 0.2) is 53.9 Å². The van der Waals surface area contributed by atoms with Crippen molar-refractivity contribution in [3.05, 3.63) is 87.1 Å². The Morgan fingerprint density at radius 1 is 1.00 bits per heavy atom. The van der Waals surface area contributed by atoms with Gasteiger partial charge in [-0.25, -0.2) is 9.37 Å². The average molecular weight is 521 g/mol. The predicted molar refractivity (Wildman–Crippen MR) is 131 cm³/mol. The van der Waals surface area contributed by atoms with Crippen LogP contribution in [0.4, 0.5) is 17.6 Å². The van der Waals surface area contributed by atoms with E-state index in [2.05, 4.69) is 16.8 Å². The monoisotopic (exact) mass is 520 g/mol. The Kier molecular flexibility index (Phi) is 8.38. The SMILES string of the molecule is CCN1CCN(C(=O)c2csc(CN(Cc3ccc(F)cc3)Cc3cccc(C(F)(F)F)c3)n2)CC1. The molecule has 0 radical (unpaired) electrons. The minimum Gasteiger partial charge on any atom is -0.335 e. The molecule has 1 aliphatic rings. The molecule has 0 aliphatic carbocycles. The van der Waals surface area contributed by atoms with Gasteiger partial charge in [0.05, 0.1) is 12.1 Å². The van der Waals surface area contributed by atoms with E-state index in [0.29, 0.717) is 42.4 Å². The van der Waals surface area contributed by atoms with Crippen molar-refractivity contribution in [1.29, 1.82) is 0 Å². The Balaban J connectivity index is 1.49. The van der Waals surface area contributed by atoms with Gasteiger partial charge in [0.2, 0.25) is 0 Å². The van der Waals surface area contributed by atoms with Gasteiger partial charge in [-0.3, -0.25) is 9.69 Å². The molecule has 0 spiro atoms. The lowest BCUT2D eigenvalue weighted by Crippen LogP contribution is -2.48. The third-order valence-corrected chi connectivity index (χ3v) is 7.05. The molecule has 1 amide bonds. The van der Waals surface area contributed by atoms with Crippen LogP contribution < -0.4 is 0 Å². The van der Waals surface area contributed by atoms with Gasteiger partial charge >= 0.3 is 6.18 Å². The van der Waals surface area contributed by atoms with Gasteiger partial charge in [0.25, 0.3) is 5.91 Å². The molecule has 1 aromatic heterocycles. The Morgan fingerprint density at radius 3 is 2.36 bits per heavy atom. The van der Waals surface area contributed by atoms with Crippen molar-refractivity contribution >= 4 is 17.2 Å². The molecule has 2 heterocycles. The van der Waals surface area contributed by atoms with E-state index in [4.69, 9.17) is 0 Å². The molecule has 0 bridgehead atoms. The number of aromatic nitrogens is 1. The Labute approximate surface area is 212 Å². The van der Waals surface area contributed by atoms with Crippen LogP contribution in [0, 0.1) is 5.82 Å². The topological polar surface area (TPSA) is 39.7 Å². The van der Waals surface area contributed by atoms with Gasteiger partial charge in [0.1, 0.15) is 16.5 Å². The molecular weight excluding hydrogens is 492 g/mol. The second-order valence-electron chi connectivity index (χ2n) is 8.82. The zero-order chi connectivity index (χ0) is 25.7. The van der Waals surface area contributed by atoms with Crippen LogP contribution in [0.2, 0.25) is 0 Å². The number of hydrogen-bond acceptors (Lipinski definition) is 5. The summed E-state index contributed by atoms with van der Waals surface area (Å²) in [7, 11) is 0. The summed E-state index contributed by atoms with van der Waals surface area (Å²) < 4.78 is 53.0. The van der Waals surface area contributed by atoms with Crippen molar-refractivity contribution in [3.8, 4) is 0 Å². The first-order chi connectivity index (χ1) is 17.2. The van der Waals surface area contributed by atoms with Gasteiger partial charge < -0.3 is 9.80 Å². The molecule has 0 unspecified atom stereocenters. The van der Waals surface area contributed by atoms with Gasteiger partial charge in [-0.2, -0.15) is 13.2 Å². The minimum atomic E-state index is -4.43. The van der Waals surface area contributed by atoms with E-state index in [1.807, 2.05) is 9.80 Å². The second kappa shape index (κ2) is 11.5. The van der Waals surface area contributed by atoms with E-state index >= 15 is 0 Å². The number of piperazine rings is 1. The van der Waals surface area contributed by atoms with E-state index in [1.165, 1.54) is 29.5 Å². The molecule has 2 aromatic carbocycles. The smallest absolute Gasteiger partial charge is 0.335 e. The van der Waals surface area contributed by atoms with E-state index in [1.54, 1.807) is 23.6 Å². The van der Waals surface area contributed by atoms with Gasteiger partial charge in [0.15, 0.2) is 0 Å². The van der Waals surface area contributed by atoms with Gasteiger partial charge in [-0.15, -0.1) is 11.3 Å². The molecule has 36 heavy (non-hydrogen) atoms. The van der Waals surface area contributed by atoms with Crippen LogP contribution in [0.1, 0.15) is 39.1 Å². The number of thiazole rings is 1. The van der Waals surface area contributed by atoms with Crippen molar-refractivity contribution in [2.75, 3.05) is 32.7 Å². The number of amides is 1. The van der Waals surface area contributed by atoms with E-state index < -0.39 is 11.7 Å². The fourth-order valence-electron chi connectivity index (χ4n) is 4.22. The third kappa shape index (κ3) is 6.89. The molecule has 1 saturated heterocycles. The fraction of sp³-hybridized carbons (Fsp3) is 0.385. The second-order valence-corrected chi connectivity index (χ2v) is 9.77. The lowest BCUT2D eigenvalue weighted by Gasteiger charge is -2.33. The number of carbonyl (C=O) groups excluding carboxylic acids is 1. The van der Waals surface area contributed by atoms with Crippen molar-refractivity contribution in [3.63, 3.8) is 0 Å². The van der Waals surface area contributed by atoms with Crippen molar-refractivity contribution < 1.29 is 22.4 Å². The zero-order valence-electron chi connectivity index (χ0n) is 20.0. The van der Waals surface area contributed by atoms with Gasteiger partial charge in [-0.05, 0) is 35.9 Å². The third-order valence-electron chi connectivity index (χ3n) is 6.22. The molecule has 10 heteroatoms. The molecular formula is C26H28F4N4OS. The number of hydrogen-bond donors (Lipinski definition) is 0. The number of likely N-dealkylation sites (N-methyl/N-ethyl adjacent to an activating group) is 1. The Hall–Kier alpha value is -2.82. The van der Waals surface area contributed by atoms with E-state index in [-0.39, 0.29) is 18.3 Å². The maximum atomic E-state index is 13.4. The number of rotatable bonds is 8. The number of alkyl halides is 3. The number of benzene rings is 2. The van der Waals surface area contributed by atoms with Crippen molar-refractivity contribution in [1.82, 2.24) is 19.7 Å². The number of carbonyl (C=O) groups is 1. The quantitative estimate of drug-likeness (QED) is 0.379. The highest BCUT2D eigenvalue weighted by molar-refractivity contribution is 7.09. The van der Waals surface area contributed by atoms with Gasteiger partial charge in [-0.1, -0.05) is 37.3 Å². The first kappa shape index (κ1) is 26.2. The zero-order valence-corrected chi connectivity index (χ0v) is 20.8. The fourth-order valence-corrected chi connectivity index (χ4v) is 5.03. The van der Waals surface area contributed by atoms with Crippen LogP contribution in [-0.4, -0.2) is 58.3 Å². The Bertz CT molecular complexity index is 1160. The summed E-state index contributed by atoms with van der Waals surface area (Å²) in [5, 5.41) is 2.43. The number of halogens is 4. The molecule has 1 aliphatic heterocycles. The molecule has 0 atom stereocenters. The maximum Gasteiger partial charge on any atom is 0.416 e. The first-order valence-electron chi connectivity index (χ1n) is 11.8. The summed E-state index contributed by atoms with van der Waals surface area (Å²) >= 11 is 1.36. The summed E-state index contributed by atoms with van der Waals surface area (Å²) in [4.78, 5) is 23.5. The first-order valence-corrected chi connectivity index (χ1v) is 12.7. The summed E-state index contributed by atoms with van der Waals surface area (Å²) in [5.41, 5.74) is 1.02. The van der Waals surface area contributed by atoms with Crippen LogP contribution in [-0.2, 0) is 25.8 Å². The molecule has 1 fully saturated rings. The summed E-state index contributed by atoms with van der Waals surface area (Å²) in [6, 6.07) is 11.3. The van der Waals surface area contributed by atoms with Crippen LogP contribution in [0.25, 0.3) is 0 Å². The van der Waals surface area contributed by atoms with Crippen molar-refractivity contribution in [2.24, 2.45) is 0 Å². The highest BCUT2D eigenvalue weighted by Crippen LogP contribution is 2.30. The van der Waals surface area contributed by atoms with E-state index in [9.17, 15) is 22.4 Å². The highest BCUT2D eigenvalue weighted by atomic mass is 32.1. The lowest BCUT2D eigenvalue weighted by molar-refractivity contribution is -0.137. The molecule has 0 N–H and O–H groups in total. The average Bonchev–Trinajstić information content (AvgIpc) is 3.33. The molecule has 0 saturated carbocycles. The summed E-state index contributed by atoms with van der Waals surface area (Å²) in [6.45, 7) is 7.01. The maximum absolute atomic E-state index is 13.4. The lowest BCUT2D eigenvalue weighted by atomic mass is 10.1. The van der Waals surface area contributed by atoms with Crippen LogP contribution >= 0.6 is 11.3 Å². The largest absolute Gasteiger partial charge is 0.416 e. The minimum absolute atomic E-state index is 0.101. The molecule has 3 aromatic rings. The molecule has 4 rings (SSSR count). The normalized spacial score (nSPS) is 15.0. The van der Waals surface area contributed by atoms with Crippen molar-refractivity contribution in [2.45, 2.75) is 32.7 Å². The van der Waals surface area contributed by atoms with E-state index in [0.717, 1.165) is 37.3 Å².